The van der Waals surface area contributed by atoms with Crippen LogP contribution >= 0.6 is 12.2 Å². The minimum atomic E-state index is -0.723. The van der Waals surface area contributed by atoms with E-state index in [1.54, 1.807) is 13.8 Å². The predicted molar refractivity (Wildman–Crippen MR) is 60.9 cm³/mol. The summed E-state index contributed by atoms with van der Waals surface area (Å²) in [7, 11) is 0. The highest BCUT2D eigenvalue weighted by molar-refractivity contribution is 7.80. The molecule has 14 heavy (non-hydrogen) atoms. The molecule has 0 heterocycles. The van der Waals surface area contributed by atoms with Crippen molar-refractivity contribution in [3.8, 4) is 0 Å². The van der Waals surface area contributed by atoms with Gasteiger partial charge in [0.15, 0.2) is 0 Å². The number of hydrogen-bond donors (Lipinski definition) is 2. The Morgan fingerprint density at radius 3 is 2.57 bits per heavy atom. The number of nitrogens with two attached hydrogens (primary N) is 1. The number of thiocarbonyl (C=S) groups is 1. The fourth-order valence-corrected chi connectivity index (χ4v) is 1.22. The van der Waals surface area contributed by atoms with Gasteiger partial charge in [-0.2, -0.15) is 0 Å². The number of carbonyl (C=O) groups is 1. The fraction of sp³-hybridized carbons (Fsp3) is 0.800. The number of amides is 1. The molecule has 3 nitrogen and oxygen atoms in total. The van der Waals surface area contributed by atoms with Crippen LogP contribution in [0, 0.1) is 11.3 Å². The van der Waals surface area contributed by atoms with Crippen LogP contribution in [0.4, 0.5) is 0 Å². The molecule has 1 fully saturated rings. The Morgan fingerprint density at radius 1 is 1.57 bits per heavy atom. The Hall–Kier alpha value is -0.640. The molecule has 0 spiro atoms. The summed E-state index contributed by atoms with van der Waals surface area (Å²) in [5.74, 6) is 0.772. The monoisotopic (exact) mass is 214 g/mol. The molecule has 3 N–H and O–H groups in total. The molecule has 0 bridgehead atoms. The van der Waals surface area contributed by atoms with Gasteiger partial charge in [-0.3, -0.25) is 4.79 Å². The van der Waals surface area contributed by atoms with Crippen LogP contribution in [0.15, 0.2) is 0 Å². The molecule has 0 saturated heterocycles. The van der Waals surface area contributed by atoms with Crippen molar-refractivity contribution in [2.24, 2.45) is 17.1 Å². The molecule has 1 saturated carbocycles. The zero-order chi connectivity index (χ0) is 10.8. The Balaban J connectivity index is 2.28. The second-order valence-corrected chi connectivity index (χ2v) is 4.92. The van der Waals surface area contributed by atoms with Crippen LogP contribution in [0.1, 0.15) is 33.1 Å². The third kappa shape index (κ3) is 2.94. The molecule has 1 amide bonds. The van der Waals surface area contributed by atoms with Gasteiger partial charge in [0.1, 0.15) is 0 Å². The van der Waals surface area contributed by atoms with Gasteiger partial charge in [-0.25, -0.2) is 0 Å². The van der Waals surface area contributed by atoms with Crippen molar-refractivity contribution in [1.29, 1.82) is 0 Å². The molecule has 0 aromatic rings. The summed E-state index contributed by atoms with van der Waals surface area (Å²) in [6.45, 7) is 4.25. The minimum absolute atomic E-state index is 0.0642. The van der Waals surface area contributed by atoms with Gasteiger partial charge in [0.2, 0.25) is 5.91 Å². The second-order valence-electron chi connectivity index (χ2n) is 4.48. The lowest BCUT2D eigenvalue weighted by Crippen LogP contribution is -2.45. The topological polar surface area (TPSA) is 55.1 Å². The molecule has 1 aliphatic carbocycles. The molecule has 0 aromatic heterocycles. The summed E-state index contributed by atoms with van der Waals surface area (Å²) in [5.41, 5.74) is 4.76. The number of rotatable bonds is 5. The molecule has 1 aliphatic rings. The molecule has 0 radical (unpaired) electrons. The minimum Gasteiger partial charge on any atom is -0.392 e. The molecule has 1 rings (SSSR count). The van der Waals surface area contributed by atoms with Crippen LogP contribution in [-0.4, -0.2) is 17.4 Å². The third-order valence-electron chi connectivity index (χ3n) is 2.72. The second kappa shape index (κ2) is 4.26. The Bertz CT molecular complexity index is 247. The van der Waals surface area contributed by atoms with Crippen molar-refractivity contribution in [3.05, 3.63) is 0 Å². The molecule has 0 aromatic carbocycles. The van der Waals surface area contributed by atoms with Gasteiger partial charge in [0.05, 0.1) is 10.4 Å². The lowest BCUT2D eigenvalue weighted by Gasteiger charge is -2.21. The Kier molecular flexibility index (Phi) is 3.48. The average Bonchev–Trinajstić information content (AvgIpc) is 2.87. The Morgan fingerprint density at radius 2 is 2.14 bits per heavy atom. The summed E-state index contributed by atoms with van der Waals surface area (Å²) in [5, 5.41) is 2.87. The SMILES string of the molecule is CC(C)(C(=O)NCCC1CC1)C(N)=S. The van der Waals surface area contributed by atoms with Gasteiger partial charge < -0.3 is 11.1 Å². The summed E-state index contributed by atoms with van der Waals surface area (Å²) in [6, 6.07) is 0. The lowest BCUT2D eigenvalue weighted by molar-refractivity contribution is -0.126. The van der Waals surface area contributed by atoms with E-state index in [0.717, 1.165) is 18.9 Å². The van der Waals surface area contributed by atoms with Crippen molar-refractivity contribution in [3.63, 3.8) is 0 Å². The molecule has 0 aliphatic heterocycles. The highest BCUT2D eigenvalue weighted by Crippen LogP contribution is 2.31. The van der Waals surface area contributed by atoms with E-state index >= 15 is 0 Å². The molecule has 4 heteroatoms. The van der Waals surface area contributed by atoms with E-state index in [2.05, 4.69) is 5.32 Å². The first kappa shape index (κ1) is 11.4. The van der Waals surface area contributed by atoms with E-state index in [4.69, 9.17) is 18.0 Å². The fourth-order valence-electron chi connectivity index (χ4n) is 1.13. The van der Waals surface area contributed by atoms with Gasteiger partial charge >= 0.3 is 0 Å². The van der Waals surface area contributed by atoms with Crippen LogP contribution in [0.25, 0.3) is 0 Å². The van der Waals surface area contributed by atoms with Gasteiger partial charge in [0, 0.05) is 6.54 Å². The molecule has 0 atom stereocenters. The van der Waals surface area contributed by atoms with E-state index in [1.807, 2.05) is 0 Å². The highest BCUT2D eigenvalue weighted by atomic mass is 32.1. The van der Waals surface area contributed by atoms with Gasteiger partial charge in [-0.15, -0.1) is 0 Å². The zero-order valence-corrected chi connectivity index (χ0v) is 9.62. The quantitative estimate of drug-likeness (QED) is 0.676. The summed E-state index contributed by atoms with van der Waals surface area (Å²) < 4.78 is 0. The number of nitrogens with one attached hydrogen (secondary N) is 1. The first-order chi connectivity index (χ1) is 6.44. The first-order valence-corrected chi connectivity index (χ1v) is 5.43. The maximum absolute atomic E-state index is 11.6. The van der Waals surface area contributed by atoms with Crippen LogP contribution in [0.2, 0.25) is 0 Å². The standard InChI is InChI=1S/C10H18N2OS/c1-10(2,8(11)14)9(13)12-6-5-7-3-4-7/h7H,3-6H2,1-2H3,(H2,11,14)(H,12,13). The molecule has 0 unspecified atom stereocenters. The normalized spacial score (nSPS) is 16.4. The summed E-state index contributed by atoms with van der Waals surface area (Å²) in [6.07, 6.45) is 3.71. The summed E-state index contributed by atoms with van der Waals surface area (Å²) >= 11 is 4.84. The third-order valence-corrected chi connectivity index (χ3v) is 3.23. The maximum Gasteiger partial charge on any atom is 0.232 e. The largest absolute Gasteiger partial charge is 0.392 e. The first-order valence-electron chi connectivity index (χ1n) is 5.03. The van der Waals surface area contributed by atoms with Crippen molar-refractivity contribution in [1.82, 2.24) is 5.32 Å². The van der Waals surface area contributed by atoms with Crippen molar-refractivity contribution < 1.29 is 4.79 Å². The van der Waals surface area contributed by atoms with E-state index < -0.39 is 5.41 Å². The molecular formula is C10H18N2OS. The van der Waals surface area contributed by atoms with E-state index in [-0.39, 0.29) is 10.9 Å². The Labute approximate surface area is 90.4 Å². The van der Waals surface area contributed by atoms with E-state index in [9.17, 15) is 4.79 Å². The van der Waals surface area contributed by atoms with E-state index in [0.29, 0.717) is 0 Å². The van der Waals surface area contributed by atoms with Crippen LogP contribution in [-0.2, 0) is 4.79 Å². The van der Waals surface area contributed by atoms with Crippen molar-refractivity contribution >= 4 is 23.1 Å². The van der Waals surface area contributed by atoms with Gasteiger partial charge in [-0.05, 0) is 26.2 Å². The smallest absolute Gasteiger partial charge is 0.232 e. The lowest BCUT2D eigenvalue weighted by atomic mass is 9.92. The average molecular weight is 214 g/mol. The molecular weight excluding hydrogens is 196 g/mol. The van der Waals surface area contributed by atoms with Gasteiger partial charge in [-0.1, -0.05) is 25.1 Å². The van der Waals surface area contributed by atoms with Crippen LogP contribution in [0.3, 0.4) is 0 Å². The predicted octanol–water partition coefficient (Wildman–Crippen LogP) is 1.22. The van der Waals surface area contributed by atoms with Crippen molar-refractivity contribution in [2.75, 3.05) is 6.54 Å². The number of carbonyl (C=O) groups excluding carboxylic acids is 1. The highest BCUT2D eigenvalue weighted by Gasteiger charge is 2.30. The van der Waals surface area contributed by atoms with Crippen LogP contribution in [0.5, 0.6) is 0 Å². The molecule has 80 valence electrons. The van der Waals surface area contributed by atoms with E-state index in [1.165, 1.54) is 12.8 Å². The van der Waals surface area contributed by atoms with Crippen molar-refractivity contribution in [2.45, 2.75) is 33.1 Å². The maximum atomic E-state index is 11.6. The number of hydrogen-bond acceptors (Lipinski definition) is 2. The van der Waals surface area contributed by atoms with Crippen LogP contribution < -0.4 is 11.1 Å². The summed E-state index contributed by atoms with van der Waals surface area (Å²) in [4.78, 5) is 11.9. The zero-order valence-electron chi connectivity index (χ0n) is 8.80. The van der Waals surface area contributed by atoms with Gasteiger partial charge in [0.25, 0.3) is 0 Å².